The van der Waals surface area contributed by atoms with Gasteiger partial charge >= 0.3 is 5.97 Å². The lowest BCUT2D eigenvalue weighted by Crippen LogP contribution is -2.30. The Kier molecular flexibility index (Phi) is 6.86. The smallest absolute Gasteiger partial charge is 0.343 e. The molecule has 2 aromatic carbocycles. The van der Waals surface area contributed by atoms with Crippen LogP contribution >= 0.6 is 22.9 Å². The minimum Gasteiger partial charge on any atom is -0.449 e. The van der Waals surface area contributed by atoms with Crippen LogP contribution in [0, 0.1) is 6.92 Å². The fraction of sp³-hybridized carbons (Fsp3) is 0.167. The number of hydrogen-bond acceptors (Lipinski definition) is 6. The summed E-state index contributed by atoms with van der Waals surface area (Å²) >= 11 is 7.72. The molecule has 2 aromatic heterocycles. The number of hydrogen-bond donors (Lipinski definition) is 1. The van der Waals surface area contributed by atoms with Gasteiger partial charge in [0.25, 0.3) is 5.91 Å². The number of aromatic nitrogens is 3. The maximum absolute atomic E-state index is 12.8. The minimum atomic E-state index is -1.05. The van der Waals surface area contributed by atoms with Crippen molar-refractivity contribution in [2.75, 3.05) is 5.32 Å². The number of carbonyl (C=O) groups excluding carboxylic acids is 2. The van der Waals surface area contributed by atoms with Crippen LogP contribution in [-0.2, 0) is 16.1 Å². The molecule has 0 aliphatic rings. The first kappa shape index (κ1) is 22.7. The van der Waals surface area contributed by atoms with Gasteiger partial charge in [0.15, 0.2) is 11.2 Å². The van der Waals surface area contributed by atoms with Crippen LogP contribution in [0.1, 0.15) is 28.5 Å². The number of amides is 1. The van der Waals surface area contributed by atoms with Gasteiger partial charge in [0.1, 0.15) is 10.7 Å². The fourth-order valence-electron chi connectivity index (χ4n) is 3.20. The van der Waals surface area contributed by atoms with E-state index in [1.807, 2.05) is 66.0 Å². The van der Waals surface area contributed by atoms with Crippen LogP contribution in [0.3, 0.4) is 0 Å². The zero-order valence-electron chi connectivity index (χ0n) is 18.0. The number of carbonyl (C=O) groups is 2. The molecule has 2 heterocycles. The summed E-state index contributed by atoms with van der Waals surface area (Å²) in [6, 6.07) is 19.3. The molecule has 9 heteroatoms. The van der Waals surface area contributed by atoms with E-state index in [0.717, 1.165) is 16.8 Å². The maximum atomic E-state index is 12.8. The van der Waals surface area contributed by atoms with Crippen LogP contribution in [-0.4, -0.2) is 32.7 Å². The van der Waals surface area contributed by atoms with Gasteiger partial charge in [-0.2, -0.15) is 5.10 Å². The molecule has 0 spiro atoms. The first-order valence-corrected chi connectivity index (χ1v) is 11.5. The summed E-state index contributed by atoms with van der Waals surface area (Å²) in [4.78, 5) is 29.7. The van der Waals surface area contributed by atoms with E-state index in [0.29, 0.717) is 17.4 Å². The molecule has 168 valence electrons. The first-order chi connectivity index (χ1) is 15.9. The highest BCUT2D eigenvalue weighted by atomic mass is 35.5. The second kappa shape index (κ2) is 9.97. The van der Waals surface area contributed by atoms with Gasteiger partial charge in [0.05, 0.1) is 17.9 Å². The number of aryl methyl sites for hydroxylation is 1. The number of benzene rings is 2. The van der Waals surface area contributed by atoms with E-state index in [1.54, 1.807) is 6.92 Å². The standard InChI is InChI=1S/C24H21ClN4O3S/c1-15-20(21(25)29(28-15)13-17-9-5-3-6-10-17)23(31)32-16(2)22(30)27-24-26-19(14-33-24)18-11-7-4-8-12-18/h3-12,14,16H,13H2,1-2H3,(H,26,27,30). The van der Waals surface area contributed by atoms with Crippen LogP contribution in [0.5, 0.6) is 0 Å². The van der Waals surface area contributed by atoms with Crippen LogP contribution in [0.25, 0.3) is 11.3 Å². The molecular weight excluding hydrogens is 460 g/mol. The Morgan fingerprint density at radius 1 is 1.12 bits per heavy atom. The Morgan fingerprint density at radius 3 is 2.48 bits per heavy atom. The highest BCUT2D eigenvalue weighted by Crippen LogP contribution is 2.25. The summed E-state index contributed by atoms with van der Waals surface area (Å²) in [6.45, 7) is 3.59. The molecule has 4 rings (SSSR count). The number of nitrogens with one attached hydrogen (secondary N) is 1. The zero-order chi connectivity index (χ0) is 23.4. The quantitative estimate of drug-likeness (QED) is 0.367. The Bertz CT molecular complexity index is 1270. The predicted molar refractivity (Wildman–Crippen MR) is 129 cm³/mol. The molecule has 0 bridgehead atoms. The van der Waals surface area contributed by atoms with Crippen LogP contribution in [0.2, 0.25) is 5.15 Å². The van der Waals surface area contributed by atoms with Gasteiger partial charge < -0.3 is 4.74 Å². The molecule has 4 aromatic rings. The van der Waals surface area contributed by atoms with Crippen LogP contribution in [0.15, 0.2) is 66.0 Å². The summed E-state index contributed by atoms with van der Waals surface area (Å²) in [5.41, 5.74) is 3.28. The third-order valence-electron chi connectivity index (χ3n) is 4.90. The summed E-state index contributed by atoms with van der Waals surface area (Å²) in [6.07, 6.45) is -1.05. The molecule has 1 amide bonds. The number of nitrogens with zero attached hydrogens (tertiary/aromatic N) is 3. The first-order valence-electron chi connectivity index (χ1n) is 10.2. The van der Waals surface area contributed by atoms with Gasteiger partial charge in [0.2, 0.25) is 0 Å². The van der Waals surface area contributed by atoms with Gasteiger partial charge in [-0.05, 0) is 19.4 Å². The topological polar surface area (TPSA) is 86.1 Å². The Balaban J connectivity index is 1.40. The van der Waals surface area contributed by atoms with E-state index < -0.39 is 18.0 Å². The predicted octanol–water partition coefficient (Wildman–Crippen LogP) is 5.20. The molecule has 1 atom stereocenters. The van der Waals surface area contributed by atoms with Crippen molar-refractivity contribution in [3.05, 3.63) is 88.0 Å². The van der Waals surface area contributed by atoms with E-state index >= 15 is 0 Å². The number of esters is 1. The average Bonchev–Trinajstić information content (AvgIpc) is 3.39. The Hall–Kier alpha value is -3.49. The van der Waals surface area contributed by atoms with Gasteiger partial charge in [-0.1, -0.05) is 72.3 Å². The highest BCUT2D eigenvalue weighted by molar-refractivity contribution is 7.14. The van der Waals surface area contributed by atoms with Crippen molar-refractivity contribution < 1.29 is 14.3 Å². The SMILES string of the molecule is Cc1nn(Cc2ccccc2)c(Cl)c1C(=O)OC(C)C(=O)Nc1nc(-c2ccccc2)cs1. The highest BCUT2D eigenvalue weighted by Gasteiger charge is 2.26. The molecule has 7 nitrogen and oxygen atoms in total. The summed E-state index contributed by atoms with van der Waals surface area (Å²) in [5, 5.41) is 9.49. The number of anilines is 1. The number of rotatable bonds is 7. The Labute approximate surface area is 200 Å². The molecular formula is C24H21ClN4O3S. The normalized spacial score (nSPS) is 11.7. The van der Waals surface area contributed by atoms with E-state index in [9.17, 15) is 9.59 Å². The van der Waals surface area contributed by atoms with Crippen LogP contribution in [0.4, 0.5) is 5.13 Å². The third-order valence-corrected chi connectivity index (χ3v) is 6.04. The summed E-state index contributed by atoms with van der Waals surface area (Å²) in [7, 11) is 0. The average molecular weight is 481 g/mol. The lowest BCUT2D eigenvalue weighted by molar-refractivity contribution is -0.123. The van der Waals surface area contributed by atoms with Crippen molar-refractivity contribution >= 4 is 39.9 Å². The maximum Gasteiger partial charge on any atom is 0.343 e. The van der Waals surface area contributed by atoms with Crippen molar-refractivity contribution in [1.29, 1.82) is 0 Å². The van der Waals surface area contributed by atoms with Crippen molar-refractivity contribution in [2.24, 2.45) is 0 Å². The third kappa shape index (κ3) is 5.30. The van der Waals surface area contributed by atoms with Crippen molar-refractivity contribution in [3.8, 4) is 11.3 Å². The van der Waals surface area contributed by atoms with Gasteiger partial charge in [-0.15, -0.1) is 11.3 Å². The summed E-state index contributed by atoms with van der Waals surface area (Å²) < 4.78 is 6.91. The number of thiazole rings is 1. The molecule has 0 saturated heterocycles. The molecule has 0 aliphatic heterocycles. The van der Waals surface area contributed by atoms with Crippen molar-refractivity contribution in [2.45, 2.75) is 26.5 Å². The van der Waals surface area contributed by atoms with Crippen molar-refractivity contribution in [3.63, 3.8) is 0 Å². The molecule has 1 unspecified atom stereocenters. The van der Waals surface area contributed by atoms with E-state index in [2.05, 4.69) is 15.4 Å². The monoisotopic (exact) mass is 480 g/mol. The van der Waals surface area contributed by atoms with Gasteiger partial charge in [0, 0.05) is 10.9 Å². The van der Waals surface area contributed by atoms with Gasteiger partial charge in [-0.25, -0.2) is 14.5 Å². The van der Waals surface area contributed by atoms with E-state index in [-0.39, 0.29) is 10.7 Å². The molecule has 1 N–H and O–H groups in total. The van der Waals surface area contributed by atoms with Crippen molar-refractivity contribution in [1.82, 2.24) is 14.8 Å². The lowest BCUT2D eigenvalue weighted by Gasteiger charge is -2.12. The molecule has 0 fully saturated rings. The second-order valence-corrected chi connectivity index (χ2v) is 8.55. The molecule has 0 aliphatic carbocycles. The largest absolute Gasteiger partial charge is 0.449 e. The molecule has 0 radical (unpaired) electrons. The molecule has 33 heavy (non-hydrogen) atoms. The Morgan fingerprint density at radius 2 is 1.79 bits per heavy atom. The van der Waals surface area contributed by atoms with Crippen LogP contribution < -0.4 is 5.32 Å². The summed E-state index contributed by atoms with van der Waals surface area (Å²) in [5.74, 6) is -1.19. The lowest BCUT2D eigenvalue weighted by atomic mass is 10.2. The van der Waals surface area contributed by atoms with E-state index in [1.165, 1.54) is 22.9 Å². The zero-order valence-corrected chi connectivity index (χ0v) is 19.6. The number of halogens is 1. The van der Waals surface area contributed by atoms with Gasteiger partial charge in [-0.3, -0.25) is 10.1 Å². The molecule has 0 saturated carbocycles. The minimum absolute atomic E-state index is 0.146. The number of ether oxygens (including phenoxy) is 1. The van der Waals surface area contributed by atoms with E-state index in [4.69, 9.17) is 16.3 Å². The fourth-order valence-corrected chi connectivity index (χ4v) is 4.23. The second-order valence-electron chi connectivity index (χ2n) is 7.34.